The van der Waals surface area contributed by atoms with Crippen LogP contribution in [0.5, 0.6) is 0 Å². The molecule has 1 saturated heterocycles. The monoisotopic (exact) mass is 485 g/mol. The quantitative estimate of drug-likeness (QED) is 0.322. The smallest absolute Gasteiger partial charge is 0.355 e. The second kappa shape index (κ2) is 8.54. The largest absolute Gasteiger partial charge is 0.417 e. The van der Waals surface area contributed by atoms with E-state index >= 15 is 0 Å². The fourth-order valence-corrected chi connectivity index (χ4v) is 5.18. The summed E-state index contributed by atoms with van der Waals surface area (Å²) in [7, 11) is 0. The summed E-state index contributed by atoms with van der Waals surface area (Å²) >= 11 is 0. The molecule has 0 radical (unpaired) electrons. The van der Waals surface area contributed by atoms with Crippen molar-refractivity contribution in [3.05, 3.63) is 89.5 Å². The first-order valence-electron chi connectivity index (χ1n) is 11.8. The van der Waals surface area contributed by atoms with Crippen LogP contribution in [0.4, 0.5) is 19.0 Å². The molecule has 0 spiro atoms. The lowest BCUT2D eigenvalue weighted by Crippen LogP contribution is -2.46. The summed E-state index contributed by atoms with van der Waals surface area (Å²) in [5.41, 5.74) is 1.14. The van der Waals surface area contributed by atoms with Crippen LogP contribution < -0.4 is 4.90 Å². The van der Waals surface area contributed by atoms with Gasteiger partial charge in [0.1, 0.15) is 17.5 Å². The lowest BCUT2D eigenvalue weighted by Gasteiger charge is -2.36. The van der Waals surface area contributed by atoms with Crippen LogP contribution in [-0.4, -0.2) is 40.5 Å². The number of para-hydroxylation sites is 2. The van der Waals surface area contributed by atoms with Gasteiger partial charge in [0.05, 0.1) is 16.6 Å². The Hall–Kier alpha value is -4.09. The highest BCUT2D eigenvalue weighted by Crippen LogP contribution is 2.38. The van der Waals surface area contributed by atoms with E-state index in [0.717, 1.165) is 12.6 Å². The van der Waals surface area contributed by atoms with Gasteiger partial charge in [-0.1, -0.05) is 54.6 Å². The number of benzene rings is 3. The minimum atomic E-state index is -4.66. The predicted octanol–water partition coefficient (Wildman–Crippen LogP) is 5.85. The van der Waals surface area contributed by atoms with Gasteiger partial charge < -0.3 is 4.90 Å². The molecule has 0 bridgehead atoms. The maximum Gasteiger partial charge on any atom is 0.417 e. The summed E-state index contributed by atoms with van der Waals surface area (Å²) in [5, 5.41) is 12.0. The van der Waals surface area contributed by atoms with Crippen LogP contribution in [0.15, 0.2) is 72.8 Å². The average Bonchev–Trinajstić information content (AvgIpc) is 3.28. The molecule has 36 heavy (non-hydrogen) atoms. The number of nitrogens with zero attached hydrogens (tertiary/aromatic N) is 5. The molecular weight excluding hydrogens is 463 g/mol. The number of rotatable bonds is 3. The van der Waals surface area contributed by atoms with Crippen molar-refractivity contribution in [3.63, 3.8) is 0 Å². The Morgan fingerprint density at radius 3 is 2.39 bits per heavy atom. The van der Waals surface area contributed by atoms with Crippen molar-refractivity contribution in [2.45, 2.75) is 12.7 Å². The number of piperazine rings is 1. The summed E-state index contributed by atoms with van der Waals surface area (Å²) in [6.45, 7) is 3.32. The Labute approximate surface area is 205 Å². The van der Waals surface area contributed by atoms with Crippen LogP contribution in [0.25, 0.3) is 27.5 Å². The first-order valence-corrected chi connectivity index (χ1v) is 11.8. The lowest BCUT2D eigenvalue weighted by atomic mass is 10.0. The Morgan fingerprint density at radius 2 is 1.61 bits per heavy atom. The van der Waals surface area contributed by atoms with Crippen LogP contribution in [-0.2, 0) is 12.7 Å². The molecule has 180 valence electrons. The van der Waals surface area contributed by atoms with E-state index in [1.807, 2.05) is 29.2 Å². The third kappa shape index (κ3) is 3.73. The average molecular weight is 486 g/mol. The highest BCUT2D eigenvalue weighted by atomic mass is 19.4. The highest BCUT2D eigenvalue weighted by molar-refractivity contribution is 5.86. The number of fused-ring (bicyclic) bond motifs is 4. The van der Waals surface area contributed by atoms with Crippen molar-refractivity contribution >= 4 is 33.3 Å². The summed E-state index contributed by atoms with van der Waals surface area (Å²) in [4.78, 5) is 8.72. The number of hydrogen-bond acceptors (Lipinski definition) is 4. The van der Waals surface area contributed by atoms with Crippen molar-refractivity contribution in [1.82, 2.24) is 14.3 Å². The van der Waals surface area contributed by atoms with Gasteiger partial charge in [-0.3, -0.25) is 9.30 Å². The van der Waals surface area contributed by atoms with Crippen molar-refractivity contribution in [3.8, 4) is 6.07 Å². The molecule has 1 fully saturated rings. The number of alkyl halides is 3. The van der Waals surface area contributed by atoms with E-state index in [1.54, 1.807) is 22.6 Å². The summed E-state index contributed by atoms with van der Waals surface area (Å²) in [6, 6.07) is 24.6. The minimum absolute atomic E-state index is 0.0432. The molecule has 3 heterocycles. The standard InChI is InChI=1S/C28H22F3N5/c29-28(30,31)23-16-26(36-25-11-4-3-10-24(25)33-27(36)22(23)17-32)35-14-12-34(13-15-35)18-20-8-5-7-19-6-1-2-9-21(19)20/h1-11,16H,12-15,18H2. The molecule has 2 aromatic heterocycles. The second-order valence-electron chi connectivity index (χ2n) is 9.06. The zero-order chi connectivity index (χ0) is 24.9. The first kappa shape index (κ1) is 22.4. The summed E-state index contributed by atoms with van der Waals surface area (Å²) < 4.78 is 43.6. The van der Waals surface area contributed by atoms with Gasteiger partial charge in [-0.2, -0.15) is 18.4 Å². The number of hydrogen-bond donors (Lipinski definition) is 0. The SMILES string of the molecule is N#Cc1c(C(F)(F)F)cc(N2CCN(Cc3cccc4ccccc34)CC2)n2c1nc1ccccc12. The molecule has 0 amide bonds. The molecule has 0 saturated carbocycles. The Bertz CT molecular complexity index is 1630. The molecule has 5 aromatic rings. The molecular formula is C28H22F3N5. The van der Waals surface area contributed by atoms with Gasteiger partial charge in [-0.25, -0.2) is 4.98 Å². The number of nitriles is 1. The van der Waals surface area contributed by atoms with Crippen LogP contribution in [0, 0.1) is 11.3 Å². The van der Waals surface area contributed by atoms with E-state index in [0.29, 0.717) is 43.0 Å². The molecule has 0 N–H and O–H groups in total. The number of aromatic nitrogens is 2. The van der Waals surface area contributed by atoms with E-state index < -0.39 is 17.3 Å². The Kier molecular flexibility index (Phi) is 5.31. The molecule has 0 aliphatic carbocycles. The summed E-state index contributed by atoms with van der Waals surface area (Å²) in [6.07, 6.45) is -4.66. The molecule has 8 heteroatoms. The van der Waals surface area contributed by atoms with Gasteiger partial charge in [-0.15, -0.1) is 0 Å². The molecule has 0 unspecified atom stereocenters. The fraction of sp³-hybridized carbons (Fsp3) is 0.214. The van der Waals surface area contributed by atoms with E-state index in [1.165, 1.54) is 16.3 Å². The maximum absolute atomic E-state index is 14.0. The molecule has 5 nitrogen and oxygen atoms in total. The van der Waals surface area contributed by atoms with Gasteiger partial charge in [0, 0.05) is 32.7 Å². The Morgan fingerprint density at radius 1 is 0.889 bits per heavy atom. The minimum Gasteiger partial charge on any atom is -0.355 e. The number of halogens is 3. The van der Waals surface area contributed by atoms with Crippen molar-refractivity contribution < 1.29 is 13.2 Å². The molecule has 6 rings (SSSR count). The second-order valence-corrected chi connectivity index (χ2v) is 9.06. The molecule has 3 aromatic carbocycles. The van der Waals surface area contributed by atoms with E-state index in [9.17, 15) is 18.4 Å². The Balaban J connectivity index is 1.36. The summed E-state index contributed by atoms with van der Waals surface area (Å²) in [5.74, 6) is 0.412. The highest BCUT2D eigenvalue weighted by Gasteiger charge is 2.37. The van der Waals surface area contributed by atoms with Crippen LogP contribution in [0.1, 0.15) is 16.7 Å². The number of imidazole rings is 1. The van der Waals surface area contributed by atoms with Crippen molar-refractivity contribution in [2.75, 3.05) is 31.1 Å². The molecule has 1 aliphatic rings. The molecule has 1 aliphatic heterocycles. The van der Waals surface area contributed by atoms with Gasteiger partial charge in [-0.05, 0) is 34.5 Å². The zero-order valence-corrected chi connectivity index (χ0v) is 19.3. The topological polar surface area (TPSA) is 47.6 Å². The van der Waals surface area contributed by atoms with Crippen molar-refractivity contribution in [2.24, 2.45) is 0 Å². The van der Waals surface area contributed by atoms with Gasteiger partial charge in [0.2, 0.25) is 0 Å². The van der Waals surface area contributed by atoms with E-state index in [-0.39, 0.29) is 5.65 Å². The van der Waals surface area contributed by atoms with E-state index in [4.69, 9.17) is 0 Å². The van der Waals surface area contributed by atoms with E-state index in [2.05, 4.69) is 40.2 Å². The van der Waals surface area contributed by atoms with Crippen LogP contribution >= 0.6 is 0 Å². The lowest BCUT2D eigenvalue weighted by molar-refractivity contribution is -0.137. The fourth-order valence-electron chi connectivity index (χ4n) is 5.18. The van der Waals surface area contributed by atoms with Crippen molar-refractivity contribution in [1.29, 1.82) is 5.26 Å². The van der Waals surface area contributed by atoms with Crippen LogP contribution in [0.3, 0.4) is 0 Å². The zero-order valence-electron chi connectivity index (χ0n) is 19.3. The molecule has 0 atom stereocenters. The normalized spacial score (nSPS) is 15.1. The predicted molar refractivity (Wildman–Crippen MR) is 134 cm³/mol. The van der Waals surface area contributed by atoms with Crippen LogP contribution in [0.2, 0.25) is 0 Å². The first-order chi connectivity index (χ1) is 17.4. The van der Waals surface area contributed by atoms with Gasteiger partial charge >= 0.3 is 6.18 Å². The maximum atomic E-state index is 14.0. The van der Waals surface area contributed by atoms with Gasteiger partial charge in [0.15, 0.2) is 5.65 Å². The van der Waals surface area contributed by atoms with Gasteiger partial charge in [0.25, 0.3) is 0 Å². The third-order valence-corrected chi connectivity index (χ3v) is 6.94. The number of anilines is 1. The third-order valence-electron chi connectivity index (χ3n) is 6.94. The number of pyridine rings is 1.